The number of halogens is 3. The number of benzene rings is 2. The Morgan fingerprint density at radius 1 is 1.12 bits per heavy atom. The normalized spacial score (nSPS) is 11.6. The smallest absolute Gasteiger partial charge is 0.481 e. The molecule has 0 unspecified atom stereocenters. The molecule has 0 aliphatic heterocycles. The molecule has 0 saturated carbocycles. The summed E-state index contributed by atoms with van der Waals surface area (Å²) in [7, 11) is 0. The van der Waals surface area contributed by atoms with E-state index in [0.717, 1.165) is 11.5 Å². The molecule has 8 nitrogen and oxygen atoms in total. The average molecular weight is 490 g/mol. The van der Waals surface area contributed by atoms with Crippen molar-refractivity contribution < 1.29 is 32.6 Å². The highest BCUT2D eigenvalue weighted by molar-refractivity contribution is 7.99. The van der Waals surface area contributed by atoms with Crippen molar-refractivity contribution in [3.8, 4) is 5.75 Å². The summed E-state index contributed by atoms with van der Waals surface area (Å²) >= 11 is 1.23. The Labute approximate surface area is 194 Å². The lowest BCUT2D eigenvalue weighted by Gasteiger charge is -2.12. The first-order valence-corrected chi connectivity index (χ1v) is 10.9. The van der Waals surface area contributed by atoms with Crippen LogP contribution in [0.5, 0.6) is 5.75 Å². The second-order valence-corrected chi connectivity index (χ2v) is 8.13. The largest absolute Gasteiger partial charge is 0.573 e. The summed E-state index contributed by atoms with van der Waals surface area (Å²) in [6, 6.07) is 14.1. The van der Waals surface area contributed by atoms with Crippen LogP contribution in [0.25, 0.3) is 16.4 Å². The van der Waals surface area contributed by atoms with E-state index in [1.807, 2.05) is 24.3 Å². The Morgan fingerprint density at radius 3 is 2.62 bits per heavy atom. The van der Waals surface area contributed by atoms with Gasteiger partial charge in [-0.25, -0.2) is 9.50 Å². The molecule has 176 valence electrons. The minimum Gasteiger partial charge on any atom is -0.481 e. The quantitative estimate of drug-likeness (QED) is 0.281. The second kappa shape index (κ2) is 9.59. The number of carboxylic acids is 1. The number of nitrogens with one attached hydrogen (secondary N) is 1. The first-order chi connectivity index (χ1) is 16.2. The third-order valence-electron chi connectivity index (χ3n) is 4.67. The van der Waals surface area contributed by atoms with Crippen LogP contribution in [0.3, 0.4) is 0 Å². The number of hydrogen-bond acceptors (Lipinski definition) is 6. The number of carbonyl (C=O) groups is 2. The van der Waals surface area contributed by atoms with Gasteiger partial charge >= 0.3 is 12.3 Å². The zero-order valence-corrected chi connectivity index (χ0v) is 18.2. The molecule has 0 fully saturated rings. The van der Waals surface area contributed by atoms with E-state index in [2.05, 4.69) is 20.1 Å². The van der Waals surface area contributed by atoms with Gasteiger partial charge in [-0.05, 0) is 24.3 Å². The number of carbonyl (C=O) groups excluding carboxylic acids is 1. The van der Waals surface area contributed by atoms with Gasteiger partial charge in [-0.15, -0.1) is 13.2 Å². The van der Waals surface area contributed by atoms with E-state index in [4.69, 9.17) is 5.11 Å². The number of fused-ring (bicyclic) bond motifs is 3. The molecule has 4 aromatic rings. The van der Waals surface area contributed by atoms with E-state index >= 15 is 0 Å². The number of ether oxygens (including phenoxy) is 1. The molecular formula is C22H17F3N4O4S. The summed E-state index contributed by atoms with van der Waals surface area (Å²) in [5.41, 5.74) is 1.58. The van der Waals surface area contributed by atoms with Gasteiger partial charge in [0.15, 0.2) is 5.16 Å². The number of rotatable bonds is 8. The summed E-state index contributed by atoms with van der Waals surface area (Å²) < 4.78 is 43.4. The molecule has 1 amide bonds. The van der Waals surface area contributed by atoms with Gasteiger partial charge in [0.2, 0.25) is 0 Å². The van der Waals surface area contributed by atoms with Gasteiger partial charge in [0.05, 0.1) is 35.3 Å². The summed E-state index contributed by atoms with van der Waals surface area (Å²) in [4.78, 5) is 28.0. The fraction of sp³-hybridized carbons (Fsp3) is 0.182. The molecular weight excluding hydrogens is 473 g/mol. The number of thioether (sulfide) groups is 1. The predicted octanol–water partition coefficient (Wildman–Crippen LogP) is 4.28. The van der Waals surface area contributed by atoms with E-state index in [1.54, 1.807) is 10.6 Å². The zero-order valence-electron chi connectivity index (χ0n) is 17.4. The molecule has 34 heavy (non-hydrogen) atoms. The van der Waals surface area contributed by atoms with Crippen LogP contribution in [-0.4, -0.2) is 43.7 Å². The second-order valence-electron chi connectivity index (χ2n) is 7.06. The average Bonchev–Trinajstić information content (AvgIpc) is 3.21. The molecule has 0 aliphatic rings. The lowest BCUT2D eigenvalue weighted by Crippen LogP contribution is -2.25. The standard InChI is InChI=1S/C22H17F3N4O4S/c23-22(24,25)33-18-8-4-2-6-15(18)20(32)26-12-13-11-17-14-5-1-3-7-16(14)27-21(29(17)28-13)34-10-9-19(30)31/h1-8,11H,9-10,12H2,(H,26,32)(H,30,31). The third kappa shape index (κ3) is 5.39. The van der Waals surface area contributed by atoms with Gasteiger partial charge in [0.1, 0.15) is 5.75 Å². The number of para-hydroxylation sites is 2. The van der Waals surface area contributed by atoms with Gasteiger partial charge in [-0.3, -0.25) is 9.59 Å². The molecule has 0 radical (unpaired) electrons. The topological polar surface area (TPSA) is 106 Å². The van der Waals surface area contributed by atoms with Gasteiger partial charge < -0.3 is 15.2 Å². The van der Waals surface area contributed by atoms with Crippen molar-refractivity contribution in [1.82, 2.24) is 19.9 Å². The van der Waals surface area contributed by atoms with Gasteiger partial charge in [-0.1, -0.05) is 42.1 Å². The van der Waals surface area contributed by atoms with E-state index < -0.39 is 24.0 Å². The van der Waals surface area contributed by atoms with Crippen LogP contribution in [-0.2, 0) is 11.3 Å². The Kier molecular flexibility index (Phi) is 6.59. The summed E-state index contributed by atoms with van der Waals surface area (Å²) in [5.74, 6) is -1.99. The SMILES string of the molecule is O=C(O)CCSc1nc2ccccc2c2cc(CNC(=O)c3ccccc3OC(F)(F)F)nn12. The van der Waals surface area contributed by atoms with Crippen LogP contribution < -0.4 is 10.1 Å². The number of aliphatic carboxylic acids is 1. The van der Waals surface area contributed by atoms with Crippen molar-refractivity contribution in [2.75, 3.05) is 5.75 Å². The first kappa shape index (κ1) is 23.4. The van der Waals surface area contributed by atoms with Crippen molar-refractivity contribution >= 4 is 40.1 Å². The summed E-state index contributed by atoms with van der Waals surface area (Å²) in [6.07, 6.45) is -4.98. The van der Waals surface area contributed by atoms with E-state index in [0.29, 0.717) is 21.9 Å². The highest BCUT2D eigenvalue weighted by Crippen LogP contribution is 2.27. The number of hydrogen-bond donors (Lipinski definition) is 2. The third-order valence-corrected chi connectivity index (χ3v) is 5.60. The monoisotopic (exact) mass is 490 g/mol. The lowest BCUT2D eigenvalue weighted by atomic mass is 10.2. The zero-order chi connectivity index (χ0) is 24.3. The Hall–Kier alpha value is -3.80. The highest BCUT2D eigenvalue weighted by Gasteiger charge is 2.32. The Balaban J connectivity index is 1.59. The fourth-order valence-corrected chi connectivity index (χ4v) is 4.13. The molecule has 2 heterocycles. The van der Waals surface area contributed by atoms with Crippen LogP contribution >= 0.6 is 11.8 Å². The Bertz CT molecular complexity index is 1370. The van der Waals surface area contributed by atoms with Crippen molar-refractivity contribution in [1.29, 1.82) is 0 Å². The van der Waals surface area contributed by atoms with Gasteiger partial charge in [0.25, 0.3) is 5.91 Å². The number of alkyl halides is 3. The molecule has 12 heteroatoms. The highest BCUT2D eigenvalue weighted by atomic mass is 32.2. The molecule has 2 aromatic heterocycles. The van der Waals surface area contributed by atoms with Gasteiger partial charge in [0, 0.05) is 11.1 Å². The van der Waals surface area contributed by atoms with Crippen molar-refractivity contribution in [2.24, 2.45) is 0 Å². The van der Waals surface area contributed by atoms with Crippen LogP contribution in [0.4, 0.5) is 13.2 Å². The van der Waals surface area contributed by atoms with Crippen molar-refractivity contribution in [3.05, 3.63) is 65.9 Å². The van der Waals surface area contributed by atoms with Crippen molar-refractivity contribution in [3.63, 3.8) is 0 Å². The lowest BCUT2D eigenvalue weighted by molar-refractivity contribution is -0.274. The molecule has 0 aliphatic carbocycles. The van der Waals surface area contributed by atoms with Crippen LogP contribution in [0.2, 0.25) is 0 Å². The molecule has 2 aromatic carbocycles. The summed E-state index contributed by atoms with van der Waals surface area (Å²) in [6.45, 7) is -0.0611. The molecule has 2 N–H and O–H groups in total. The molecule has 0 bridgehead atoms. The maximum atomic E-state index is 12.6. The fourth-order valence-electron chi connectivity index (χ4n) is 3.25. The number of nitrogens with zero attached hydrogens (tertiary/aromatic N) is 3. The molecule has 0 saturated heterocycles. The minimum atomic E-state index is -4.93. The number of carboxylic acid groups (broad SMARTS) is 1. The van der Waals surface area contributed by atoms with Crippen LogP contribution in [0.1, 0.15) is 22.5 Å². The van der Waals surface area contributed by atoms with Gasteiger partial charge in [-0.2, -0.15) is 5.10 Å². The summed E-state index contributed by atoms with van der Waals surface area (Å²) in [5, 5.41) is 17.2. The maximum Gasteiger partial charge on any atom is 0.573 e. The number of aromatic nitrogens is 3. The van der Waals surface area contributed by atoms with E-state index in [-0.39, 0.29) is 24.3 Å². The molecule has 0 atom stereocenters. The van der Waals surface area contributed by atoms with Crippen LogP contribution in [0, 0.1) is 0 Å². The van der Waals surface area contributed by atoms with Crippen LogP contribution in [0.15, 0.2) is 59.8 Å². The van der Waals surface area contributed by atoms with E-state index in [9.17, 15) is 22.8 Å². The molecule has 0 spiro atoms. The maximum absolute atomic E-state index is 12.6. The number of amides is 1. The van der Waals surface area contributed by atoms with E-state index in [1.165, 1.54) is 30.0 Å². The predicted molar refractivity (Wildman–Crippen MR) is 118 cm³/mol. The Morgan fingerprint density at radius 2 is 1.85 bits per heavy atom. The first-order valence-electron chi connectivity index (χ1n) is 9.96. The van der Waals surface area contributed by atoms with Crippen molar-refractivity contribution in [2.45, 2.75) is 24.5 Å². The molecule has 4 rings (SSSR count). The minimum absolute atomic E-state index is 0.0513.